The molecular weight excluding hydrogens is 444 g/mol. The molecule has 0 unspecified atom stereocenters. The molecule has 2 aromatic carbocycles. The van der Waals surface area contributed by atoms with Crippen LogP contribution in [0.4, 0.5) is 17.1 Å². The fourth-order valence-electron chi connectivity index (χ4n) is 3.48. The molecule has 1 saturated heterocycles. The quantitative estimate of drug-likeness (QED) is 0.576. The minimum Gasteiger partial charge on any atom is -0.494 e. The number of amides is 2. The minimum absolute atomic E-state index is 0.135. The molecule has 33 heavy (non-hydrogen) atoms. The van der Waals surface area contributed by atoms with Crippen molar-refractivity contribution in [2.24, 2.45) is 0 Å². The summed E-state index contributed by atoms with van der Waals surface area (Å²) in [7, 11) is -1.81. The Morgan fingerprint density at radius 3 is 2.39 bits per heavy atom. The molecule has 2 amide bonds. The summed E-state index contributed by atoms with van der Waals surface area (Å²) < 4.78 is 30.8. The van der Waals surface area contributed by atoms with E-state index in [1.54, 1.807) is 60.8 Å². The molecule has 0 aliphatic carbocycles. The lowest BCUT2D eigenvalue weighted by molar-refractivity contribution is 0.101. The number of nitrogens with zero attached hydrogens (tertiary/aromatic N) is 2. The molecule has 170 valence electrons. The van der Waals surface area contributed by atoms with E-state index in [0.717, 1.165) is 0 Å². The second-order valence-electron chi connectivity index (χ2n) is 7.35. The second-order valence-corrected chi connectivity index (χ2v) is 9.37. The van der Waals surface area contributed by atoms with Crippen LogP contribution in [0.3, 0.4) is 0 Å². The molecule has 10 heteroatoms. The number of aromatic nitrogens is 1. The molecule has 0 atom stereocenters. The normalized spacial score (nSPS) is 14.5. The Labute approximate surface area is 191 Å². The van der Waals surface area contributed by atoms with Crippen molar-refractivity contribution in [2.45, 2.75) is 6.42 Å². The molecule has 2 N–H and O–H groups in total. The number of benzene rings is 2. The molecule has 4 rings (SSSR count). The van der Waals surface area contributed by atoms with Gasteiger partial charge in [0.1, 0.15) is 5.75 Å². The van der Waals surface area contributed by atoms with Crippen LogP contribution in [-0.2, 0) is 10.0 Å². The number of pyridine rings is 1. The number of hydrogen-bond donors (Lipinski definition) is 2. The van der Waals surface area contributed by atoms with Crippen molar-refractivity contribution < 1.29 is 22.7 Å². The number of ether oxygens (including phenoxy) is 1. The zero-order valence-electron chi connectivity index (χ0n) is 17.8. The number of anilines is 3. The Hall–Kier alpha value is -3.92. The predicted octanol–water partition coefficient (Wildman–Crippen LogP) is 3.13. The first-order valence-corrected chi connectivity index (χ1v) is 11.8. The van der Waals surface area contributed by atoms with E-state index in [0.29, 0.717) is 46.9 Å². The number of carbonyl (C=O) groups is 2. The van der Waals surface area contributed by atoms with Crippen LogP contribution in [-0.4, -0.2) is 44.6 Å². The third kappa shape index (κ3) is 4.96. The van der Waals surface area contributed by atoms with Gasteiger partial charge in [-0.25, -0.2) is 8.42 Å². The van der Waals surface area contributed by atoms with Gasteiger partial charge in [0.15, 0.2) is 0 Å². The lowest BCUT2D eigenvalue weighted by Gasteiger charge is -2.17. The highest BCUT2D eigenvalue weighted by atomic mass is 32.2. The Kier molecular flexibility index (Phi) is 6.27. The van der Waals surface area contributed by atoms with Crippen molar-refractivity contribution in [3.05, 3.63) is 78.1 Å². The van der Waals surface area contributed by atoms with E-state index in [-0.39, 0.29) is 17.6 Å². The highest BCUT2D eigenvalue weighted by Gasteiger charge is 2.28. The van der Waals surface area contributed by atoms with Crippen LogP contribution < -0.4 is 19.7 Å². The van der Waals surface area contributed by atoms with Crippen LogP contribution in [0.25, 0.3) is 0 Å². The third-order valence-corrected chi connectivity index (χ3v) is 7.02. The highest BCUT2D eigenvalue weighted by molar-refractivity contribution is 7.93. The Balaban J connectivity index is 1.45. The van der Waals surface area contributed by atoms with Gasteiger partial charge in [0, 0.05) is 36.3 Å². The maximum absolute atomic E-state index is 12.7. The topological polar surface area (TPSA) is 118 Å². The largest absolute Gasteiger partial charge is 0.494 e. The maximum Gasteiger partial charge on any atom is 0.257 e. The van der Waals surface area contributed by atoms with Crippen molar-refractivity contribution in [1.29, 1.82) is 0 Å². The summed E-state index contributed by atoms with van der Waals surface area (Å²) in [5, 5.41) is 5.54. The van der Waals surface area contributed by atoms with Crippen LogP contribution >= 0.6 is 0 Å². The van der Waals surface area contributed by atoms with Crippen molar-refractivity contribution in [2.75, 3.05) is 34.3 Å². The molecule has 3 aromatic rings. The zero-order chi connectivity index (χ0) is 23.4. The summed E-state index contributed by atoms with van der Waals surface area (Å²) >= 11 is 0. The van der Waals surface area contributed by atoms with E-state index in [4.69, 9.17) is 4.74 Å². The first-order chi connectivity index (χ1) is 15.9. The number of nitrogens with one attached hydrogen (secondary N) is 2. The lowest BCUT2D eigenvalue weighted by Crippen LogP contribution is -2.25. The Morgan fingerprint density at radius 2 is 1.76 bits per heavy atom. The SMILES string of the molecule is COc1cc(NC(=O)c2ccc(N3CCCS3(=O)=O)cc2)ccc1NC(=O)c1cccnc1. The Bertz CT molecular complexity index is 1280. The summed E-state index contributed by atoms with van der Waals surface area (Å²) in [6, 6.07) is 14.6. The number of hydrogen-bond acceptors (Lipinski definition) is 6. The molecule has 1 fully saturated rings. The average Bonchev–Trinajstić information content (AvgIpc) is 3.19. The van der Waals surface area contributed by atoms with Gasteiger partial charge in [0.2, 0.25) is 10.0 Å². The van der Waals surface area contributed by atoms with Gasteiger partial charge in [0.05, 0.1) is 29.8 Å². The van der Waals surface area contributed by atoms with Gasteiger partial charge < -0.3 is 15.4 Å². The van der Waals surface area contributed by atoms with Crippen LogP contribution in [0, 0.1) is 0 Å². The first kappa shape index (κ1) is 22.3. The zero-order valence-corrected chi connectivity index (χ0v) is 18.6. The van der Waals surface area contributed by atoms with Gasteiger partial charge in [-0.2, -0.15) is 0 Å². The van der Waals surface area contributed by atoms with E-state index in [9.17, 15) is 18.0 Å². The van der Waals surface area contributed by atoms with Gasteiger partial charge in [-0.3, -0.25) is 18.9 Å². The summed E-state index contributed by atoms with van der Waals surface area (Å²) in [4.78, 5) is 29.0. The number of rotatable bonds is 6. The van der Waals surface area contributed by atoms with E-state index < -0.39 is 10.0 Å². The molecular formula is C23H22N4O5S. The molecule has 9 nitrogen and oxygen atoms in total. The maximum atomic E-state index is 12.7. The molecule has 0 spiro atoms. The summed E-state index contributed by atoms with van der Waals surface area (Å²) in [6.07, 6.45) is 3.63. The van der Waals surface area contributed by atoms with Gasteiger partial charge in [-0.15, -0.1) is 0 Å². The van der Waals surface area contributed by atoms with Crippen LogP contribution in [0.1, 0.15) is 27.1 Å². The van der Waals surface area contributed by atoms with Crippen molar-refractivity contribution in [1.82, 2.24) is 4.98 Å². The number of methoxy groups -OCH3 is 1. The fraction of sp³-hybridized carbons (Fsp3) is 0.174. The van der Waals surface area contributed by atoms with E-state index in [2.05, 4.69) is 15.6 Å². The number of sulfonamides is 1. The third-order valence-electron chi connectivity index (χ3n) is 5.15. The average molecular weight is 467 g/mol. The Morgan fingerprint density at radius 1 is 1.00 bits per heavy atom. The molecule has 0 radical (unpaired) electrons. The van der Waals surface area contributed by atoms with E-state index in [1.165, 1.54) is 17.6 Å². The molecule has 1 aromatic heterocycles. The molecule has 0 bridgehead atoms. The van der Waals surface area contributed by atoms with Crippen molar-refractivity contribution in [3.63, 3.8) is 0 Å². The van der Waals surface area contributed by atoms with E-state index >= 15 is 0 Å². The molecule has 1 aliphatic rings. The first-order valence-electron chi connectivity index (χ1n) is 10.2. The minimum atomic E-state index is -3.27. The molecule has 0 saturated carbocycles. The van der Waals surface area contributed by atoms with Crippen LogP contribution in [0.2, 0.25) is 0 Å². The second kappa shape index (κ2) is 9.29. The summed E-state index contributed by atoms with van der Waals surface area (Å²) in [5.41, 5.74) is 2.24. The molecule has 1 aliphatic heterocycles. The summed E-state index contributed by atoms with van der Waals surface area (Å²) in [5.74, 6) is -0.187. The van der Waals surface area contributed by atoms with Crippen LogP contribution in [0.5, 0.6) is 5.75 Å². The van der Waals surface area contributed by atoms with Gasteiger partial charge >= 0.3 is 0 Å². The van der Waals surface area contributed by atoms with Gasteiger partial charge in [-0.05, 0) is 55.0 Å². The molecule has 2 heterocycles. The van der Waals surface area contributed by atoms with Crippen molar-refractivity contribution >= 4 is 38.9 Å². The predicted molar refractivity (Wildman–Crippen MR) is 125 cm³/mol. The fourth-order valence-corrected chi connectivity index (χ4v) is 5.04. The summed E-state index contributed by atoms with van der Waals surface area (Å²) in [6.45, 7) is 0.442. The van der Waals surface area contributed by atoms with Crippen molar-refractivity contribution in [3.8, 4) is 5.75 Å². The van der Waals surface area contributed by atoms with Gasteiger partial charge in [0.25, 0.3) is 11.8 Å². The standard InChI is InChI=1S/C23H22N4O5S/c1-32-21-14-18(7-10-20(21)26-23(29)17-4-2-11-24-15-17)25-22(28)16-5-8-19(9-6-16)27-12-3-13-33(27,30)31/h2,4-11,14-15H,3,12-13H2,1H3,(H,25,28)(H,26,29). The number of carbonyl (C=O) groups excluding carboxylic acids is 2. The highest BCUT2D eigenvalue weighted by Crippen LogP contribution is 2.29. The van der Waals surface area contributed by atoms with Crippen LogP contribution in [0.15, 0.2) is 67.0 Å². The smallest absolute Gasteiger partial charge is 0.257 e. The van der Waals surface area contributed by atoms with Gasteiger partial charge in [-0.1, -0.05) is 0 Å². The van der Waals surface area contributed by atoms with E-state index in [1.807, 2.05) is 0 Å². The lowest BCUT2D eigenvalue weighted by atomic mass is 10.1. The monoisotopic (exact) mass is 466 g/mol.